The molecule has 0 bridgehead atoms. The zero-order valence-electron chi connectivity index (χ0n) is 9.47. The summed E-state index contributed by atoms with van der Waals surface area (Å²) in [6.45, 7) is 2.49. The highest BCUT2D eigenvalue weighted by Crippen LogP contribution is 2.24. The van der Waals surface area contributed by atoms with Crippen molar-refractivity contribution in [3.05, 3.63) is 46.7 Å². The van der Waals surface area contributed by atoms with Crippen molar-refractivity contribution in [2.45, 2.75) is 6.92 Å². The van der Waals surface area contributed by atoms with Crippen LogP contribution in [0.3, 0.4) is 0 Å². The van der Waals surface area contributed by atoms with Gasteiger partial charge in [-0.25, -0.2) is 0 Å². The van der Waals surface area contributed by atoms with E-state index in [4.69, 9.17) is 4.74 Å². The molecule has 1 N–H and O–H groups in total. The topological polar surface area (TPSA) is 38.3 Å². The van der Waals surface area contributed by atoms with Gasteiger partial charge in [-0.15, -0.1) is 11.3 Å². The Balaban J connectivity index is 2.15. The molecule has 1 aromatic heterocycles. The average Bonchev–Trinajstić information content (AvgIpc) is 2.85. The van der Waals surface area contributed by atoms with Crippen LogP contribution in [-0.4, -0.2) is 12.5 Å². The average molecular weight is 247 g/mol. The summed E-state index contributed by atoms with van der Waals surface area (Å²) in [7, 11) is 0. The third-order valence-corrected chi connectivity index (χ3v) is 3.05. The lowest BCUT2D eigenvalue weighted by molar-refractivity contribution is 0.103. The van der Waals surface area contributed by atoms with E-state index in [0.717, 1.165) is 0 Å². The summed E-state index contributed by atoms with van der Waals surface area (Å²) in [6.07, 6.45) is 0. The predicted octanol–water partition coefficient (Wildman–Crippen LogP) is 3.40. The number of amides is 1. The van der Waals surface area contributed by atoms with E-state index in [1.165, 1.54) is 11.3 Å². The third-order valence-electron chi connectivity index (χ3n) is 2.18. The highest BCUT2D eigenvalue weighted by atomic mass is 32.1. The van der Waals surface area contributed by atoms with Crippen molar-refractivity contribution in [1.82, 2.24) is 0 Å². The van der Waals surface area contributed by atoms with Crippen LogP contribution in [0.2, 0.25) is 0 Å². The van der Waals surface area contributed by atoms with Gasteiger partial charge in [0.1, 0.15) is 5.75 Å². The number of anilines is 1. The summed E-state index contributed by atoms with van der Waals surface area (Å²) in [5.74, 6) is 0.590. The number of para-hydroxylation sites is 2. The number of benzene rings is 1. The number of nitrogens with one attached hydrogen (secondary N) is 1. The van der Waals surface area contributed by atoms with Gasteiger partial charge in [0.15, 0.2) is 0 Å². The molecule has 0 spiro atoms. The molecule has 1 heterocycles. The Labute approximate surface area is 104 Å². The lowest BCUT2D eigenvalue weighted by atomic mass is 10.3. The molecule has 0 aliphatic carbocycles. The van der Waals surface area contributed by atoms with Crippen molar-refractivity contribution in [2.75, 3.05) is 11.9 Å². The first kappa shape index (κ1) is 11.7. The molecule has 4 heteroatoms. The standard InChI is InChI=1S/C13H13NO2S/c1-2-16-11-7-4-3-6-10(11)14-13(15)12-8-5-9-17-12/h3-9H,2H2,1H3,(H,14,15). The van der Waals surface area contributed by atoms with Gasteiger partial charge in [-0.05, 0) is 30.5 Å². The monoisotopic (exact) mass is 247 g/mol. The fraction of sp³-hybridized carbons (Fsp3) is 0.154. The molecule has 2 rings (SSSR count). The molecule has 0 saturated carbocycles. The molecule has 17 heavy (non-hydrogen) atoms. The molecule has 0 saturated heterocycles. The number of rotatable bonds is 4. The number of thiophene rings is 1. The molecule has 0 aliphatic rings. The third kappa shape index (κ3) is 2.85. The van der Waals surface area contributed by atoms with Crippen molar-refractivity contribution in [3.63, 3.8) is 0 Å². The van der Waals surface area contributed by atoms with E-state index in [1.54, 1.807) is 6.07 Å². The molecule has 3 nitrogen and oxygen atoms in total. The van der Waals surface area contributed by atoms with Crippen LogP contribution in [0.4, 0.5) is 5.69 Å². The highest BCUT2D eigenvalue weighted by molar-refractivity contribution is 7.12. The zero-order chi connectivity index (χ0) is 12.1. The fourth-order valence-electron chi connectivity index (χ4n) is 1.44. The van der Waals surface area contributed by atoms with Crippen molar-refractivity contribution in [2.24, 2.45) is 0 Å². The normalized spacial score (nSPS) is 9.94. The lowest BCUT2D eigenvalue weighted by Crippen LogP contribution is -2.11. The second kappa shape index (κ2) is 5.50. The first-order valence-corrected chi connectivity index (χ1v) is 6.26. The maximum Gasteiger partial charge on any atom is 0.265 e. The number of hydrogen-bond donors (Lipinski definition) is 1. The SMILES string of the molecule is CCOc1ccccc1NC(=O)c1cccs1. The number of carbonyl (C=O) groups excluding carboxylic acids is 1. The molecule has 0 radical (unpaired) electrons. The highest BCUT2D eigenvalue weighted by Gasteiger charge is 2.09. The van der Waals surface area contributed by atoms with Gasteiger partial charge < -0.3 is 10.1 Å². The second-order valence-electron chi connectivity index (χ2n) is 3.36. The Morgan fingerprint density at radius 1 is 1.29 bits per heavy atom. The van der Waals surface area contributed by atoms with E-state index < -0.39 is 0 Å². The van der Waals surface area contributed by atoms with Crippen LogP contribution < -0.4 is 10.1 Å². The van der Waals surface area contributed by atoms with E-state index in [2.05, 4.69) is 5.32 Å². The number of carbonyl (C=O) groups is 1. The van der Waals surface area contributed by atoms with Crippen LogP contribution in [0.1, 0.15) is 16.6 Å². The van der Waals surface area contributed by atoms with E-state index in [-0.39, 0.29) is 5.91 Å². The maximum atomic E-state index is 11.9. The summed E-state index contributed by atoms with van der Waals surface area (Å²) in [5.41, 5.74) is 0.702. The van der Waals surface area contributed by atoms with E-state index in [0.29, 0.717) is 22.9 Å². The van der Waals surface area contributed by atoms with Crippen LogP contribution in [0.5, 0.6) is 5.75 Å². The molecular weight excluding hydrogens is 234 g/mol. The Hall–Kier alpha value is -1.81. The van der Waals surface area contributed by atoms with Crippen molar-refractivity contribution < 1.29 is 9.53 Å². The summed E-state index contributed by atoms with van der Waals surface area (Å²) >= 11 is 1.42. The fourth-order valence-corrected chi connectivity index (χ4v) is 2.06. The van der Waals surface area contributed by atoms with Crippen molar-refractivity contribution >= 4 is 22.9 Å². The Bertz CT molecular complexity index is 494. The van der Waals surface area contributed by atoms with Crippen LogP contribution >= 0.6 is 11.3 Å². The van der Waals surface area contributed by atoms with Crippen LogP contribution in [0.25, 0.3) is 0 Å². The van der Waals surface area contributed by atoms with Gasteiger partial charge in [0.2, 0.25) is 0 Å². The molecule has 2 aromatic rings. The van der Waals surface area contributed by atoms with E-state index >= 15 is 0 Å². The molecule has 0 fully saturated rings. The van der Waals surface area contributed by atoms with E-state index in [9.17, 15) is 4.79 Å². The van der Waals surface area contributed by atoms with Crippen LogP contribution in [0.15, 0.2) is 41.8 Å². The number of hydrogen-bond acceptors (Lipinski definition) is 3. The molecule has 0 unspecified atom stereocenters. The predicted molar refractivity (Wildman–Crippen MR) is 69.9 cm³/mol. The smallest absolute Gasteiger partial charge is 0.265 e. The molecule has 1 amide bonds. The van der Waals surface area contributed by atoms with Gasteiger partial charge in [0.25, 0.3) is 5.91 Å². The minimum Gasteiger partial charge on any atom is -0.492 e. The first-order valence-electron chi connectivity index (χ1n) is 5.38. The van der Waals surface area contributed by atoms with Gasteiger partial charge >= 0.3 is 0 Å². The molecule has 0 aliphatic heterocycles. The van der Waals surface area contributed by atoms with Crippen LogP contribution in [0, 0.1) is 0 Å². The van der Waals surface area contributed by atoms with Gasteiger partial charge in [-0.2, -0.15) is 0 Å². The Kier molecular flexibility index (Phi) is 3.77. The van der Waals surface area contributed by atoms with Gasteiger partial charge in [-0.3, -0.25) is 4.79 Å². The van der Waals surface area contributed by atoms with Gasteiger partial charge in [-0.1, -0.05) is 18.2 Å². The summed E-state index contributed by atoms with van der Waals surface area (Å²) in [5, 5.41) is 4.72. The summed E-state index contributed by atoms with van der Waals surface area (Å²) in [6, 6.07) is 11.1. The Morgan fingerprint density at radius 3 is 2.82 bits per heavy atom. The van der Waals surface area contributed by atoms with Crippen molar-refractivity contribution in [3.8, 4) is 5.75 Å². The molecule has 88 valence electrons. The minimum absolute atomic E-state index is 0.104. The molecular formula is C13H13NO2S. The van der Waals surface area contributed by atoms with Gasteiger partial charge in [0.05, 0.1) is 17.2 Å². The minimum atomic E-state index is -0.104. The largest absolute Gasteiger partial charge is 0.492 e. The lowest BCUT2D eigenvalue weighted by Gasteiger charge is -2.10. The first-order chi connectivity index (χ1) is 8.31. The second-order valence-corrected chi connectivity index (χ2v) is 4.31. The Morgan fingerprint density at radius 2 is 2.12 bits per heavy atom. The van der Waals surface area contributed by atoms with Gasteiger partial charge in [0, 0.05) is 0 Å². The van der Waals surface area contributed by atoms with Crippen molar-refractivity contribution in [1.29, 1.82) is 0 Å². The quantitative estimate of drug-likeness (QED) is 0.899. The van der Waals surface area contributed by atoms with Crippen LogP contribution in [-0.2, 0) is 0 Å². The molecule has 1 aromatic carbocycles. The maximum absolute atomic E-state index is 11.9. The number of ether oxygens (including phenoxy) is 1. The zero-order valence-corrected chi connectivity index (χ0v) is 10.3. The summed E-state index contributed by atoms with van der Waals surface area (Å²) < 4.78 is 5.44. The molecule has 0 atom stereocenters. The summed E-state index contributed by atoms with van der Waals surface area (Å²) in [4.78, 5) is 12.6. The van der Waals surface area contributed by atoms with E-state index in [1.807, 2.05) is 42.6 Å².